The number of pyridine rings is 1. The molecule has 2 amide bonds. The molecule has 2 saturated carbocycles. The zero-order valence-corrected chi connectivity index (χ0v) is 24.6. The van der Waals surface area contributed by atoms with Gasteiger partial charge < -0.3 is 21.3 Å². The molecule has 6 rings (SSSR count). The van der Waals surface area contributed by atoms with E-state index in [1.165, 1.54) is 18.2 Å². The molecule has 1 aromatic carbocycles. The van der Waals surface area contributed by atoms with Crippen molar-refractivity contribution in [2.45, 2.75) is 83.5 Å². The Bertz CT molecular complexity index is 1600. The van der Waals surface area contributed by atoms with Gasteiger partial charge in [0, 0.05) is 42.3 Å². The molecule has 220 valence electrons. The van der Waals surface area contributed by atoms with E-state index in [1.54, 1.807) is 11.3 Å². The van der Waals surface area contributed by atoms with Crippen molar-refractivity contribution in [1.29, 1.82) is 0 Å². The minimum atomic E-state index is -0.630. The highest BCUT2D eigenvalue weighted by Gasteiger charge is 2.30. The number of fused-ring (bicyclic) bond motifs is 1. The lowest BCUT2D eigenvalue weighted by Crippen LogP contribution is -2.44. The Labute approximate surface area is 247 Å². The molecular weight excluding hydrogens is 558 g/mol. The molecule has 0 spiro atoms. The highest BCUT2D eigenvalue weighted by molar-refractivity contribution is 7.21. The minimum absolute atomic E-state index is 0.0314. The number of nitrogens with one attached hydrogen (secondary N) is 4. The van der Waals surface area contributed by atoms with Crippen LogP contribution in [0.25, 0.3) is 20.8 Å². The van der Waals surface area contributed by atoms with Gasteiger partial charge in [0.05, 0.1) is 21.7 Å². The first kappa shape index (κ1) is 28.2. The molecule has 0 aliphatic heterocycles. The third kappa shape index (κ3) is 6.13. The highest BCUT2D eigenvalue weighted by Crippen LogP contribution is 2.44. The van der Waals surface area contributed by atoms with Gasteiger partial charge in [-0.25, -0.2) is 23.5 Å². The van der Waals surface area contributed by atoms with Crippen LogP contribution in [0.3, 0.4) is 0 Å². The Hall–Kier alpha value is -3.93. The largest absolute Gasteiger partial charge is 0.366 e. The van der Waals surface area contributed by atoms with Gasteiger partial charge in [0.2, 0.25) is 5.95 Å². The zero-order valence-electron chi connectivity index (χ0n) is 23.8. The first-order valence-corrected chi connectivity index (χ1v) is 15.2. The maximum atomic E-state index is 14.3. The Kier molecular flexibility index (Phi) is 7.89. The second-order valence-corrected chi connectivity index (χ2v) is 12.4. The van der Waals surface area contributed by atoms with Crippen molar-refractivity contribution in [3.8, 4) is 10.6 Å². The van der Waals surface area contributed by atoms with E-state index in [0.717, 1.165) is 58.6 Å². The molecule has 12 heteroatoms. The summed E-state index contributed by atoms with van der Waals surface area (Å²) in [5.74, 6) is 0.0485. The van der Waals surface area contributed by atoms with Crippen molar-refractivity contribution < 1.29 is 13.6 Å². The first-order valence-electron chi connectivity index (χ1n) is 14.4. The lowest BCUT2D eigenvalue weighted by molar-refractivity contribution is 0.234. The second-order valence-electron chi connectivity index (χ2n) is 11.4. The summed E-state index contributed by atoms with van der Waals surface area (Å²) in [5.41, 5.74) is 3.36. The fourth-order valence-corrected chi connectivity index (χ4v) is 6.51. The van der Waals surface area contributed by atoms with Crippen LogP contribution in [0.2, 0.25) is 0 Å². The SMILES string of the molecule is Cc1nc(NCc2c(F)cccc2F)nc(N[C@H]2CC[C@@H](NC(=O)NC(C)C)C2)c1-c1nc2c(C3CC3)nccc2s1. The summed E-state index contributed by atoms with van der Waals surface area (Å²) in [7, 11) is 0. The summed E-state index contributed by atoms with van der Waals surface area (Å²) < 4.78 is 29.6. The van der Waals surface area contributed by atoms with Gasteiger partial charge in [-0.1, -0.05) is 6.07 Å². The number of hydrogen-bond donors (Lipinski definition) is 4. The van der Waals surface area contributed by atoms with Crippen molar-refractivity contribution >= 4 is 39.4 Å². The molecule has 2 fully saturated rings. The van der Waals surface area contributed by atoms with Crippen LogP contribution in [0.4, 0.5) is 25.3 Å². The topological polar surface area (TPSA) is 117 Å². The molecule has 2 aliphatic rings. The third-order valence-electron chi connectivity index (χ3n) is 7.62. The predicted molar refractivity (Wildman–Crippen MR) is 161 cm³/mol. The Morgan fingerprint density at radius 1 is 1.05 bits per heavy atom. The molecule has 2 atom stereocenters. The van der Waals surface area contributed by atoms with E-state index in [1.807, 2.05) is 33.0 Å². The van der Waals surface area contributed by atoms with Gasteiger partial charge in [0.15, 0.2) is 0 Å². The third-order valence-corrected chi connectivity index (χ3v) is 8.65. The van der Waals surface area contributed by atoms with E-state index in [2.05, 4.69) is 31.2 Å². The quantitative estimate of drug-likeness (QED) is 0.181. The maximum Gasteiger partial charge on any atom is 0.315 e. The molecule has 3 aromatic heterocycles. The van der Waals surface area contributed by atoms with Crippen LogP contribution in [0.15, 0.2) is 30.5 Å². The fraction of sp³-hybridized carbons (Fsp3) is 0.433. The average molecular weight is 593 g/mol. The van der Waals surface area contributed by atoms with Crippen LogP contribution >= 0.6 is 11.3 Å². The number of thiazole rings is 1. The molecule has 4 aromatic rings. The Morgan fingerprint density at radius 3 is 2.55 bits per heavy atom. The minimum Gasteiger partial charge on any atom is -0.366 e. The Balaban J connectivity index is 1.30. The summed E-state index contributed by atoms with van der Waals surface area (Å²) in [5, 5.41) is 13.3. The van der Waals surface area contributed by atoms with Crippen LogP contribution in [0.5, 0.6) is 0 Å². The first-order chi connectivity index (χ1) is 20.2. The van der Waals surface area contributed by atoms with Crippen LogP contribution in [0.1, 0.15) is 68.8 Å². The zero-order chi connectivity index (χ0) is 29.4. The van der Waals surface area contributed by atoms with Crippen LogP contribution < -0.4 is 21.3 Å². The number of carbonyl (C=O) groups is 1. The number of carbonyl (C=O) groups excluding carboxylic acids is 1. The van der Waals surface area contributed by atoms with Crippen molar-refractivity contribution in [2.75, 3.05) is 10.6 Å². The summed E-state index contributed by atoms with van der Waals surface area (Å²) >= 11 is 1.57. The van der Waals surface area contributed by atoms with E-state index < -0.39 is 11.6 Å². The van der Waals surface area contributed by atoms with E-state index >= 15 is 0 Å². The van der Waals surface area contributed by atoms with Gasteiger partial charge in [-0.15, -0.1) is 11.3 Å². The molecule has 0 unspecified atom stereocenters. The molecule has 9 nitrogen and oxygen atoms in total. The van der Waals surface area contributed by atoms with Gasteiger partial charge in [-0.3, -0.25) is 4.98 Å². The number of urea groups is 1. The maximum absolute atomic E-state index is 14.3. The van der Waals surface area contributed by atoms with Gasteiger partial charge in [-0.05, 0) is 71.1 Å². The van der Waals surface area contributed by atoms with Crippen molar-refractivity contribution in [3.63, 3.8) is 0 Å². The number of anilines is 2. The number of benzene rings is 1. The summed E-state index contributed by atoms with van der Waals surface area (Å²) in [4.78, 5) is 31.4. The molecule has 0 saturated heterocycles. The number of aryl methyl sites for hydroxylation is 1. The van der Waals surface area contributed by atoms with E-state index in [4.69, 9.17) is 9.97 Å². The van der Waals surface area contributed by atoms with Gasteiger partial charge in [-0.2, -0.15) is 4.98 Å². The van der Waals surface area contributed by atoms with Crippen molar-refractivity contribution in [3.05, 3.63) is 59.0 Å². The van der Waals surface area contributed by atoms with Crippen LogP contribution in [-0.2, 0) is 6.54 Å². The standard InChI is InChI=1S/C30H34F2N8OS/c1-15(2)35-30(41)38-19-10-9-18(13-19)37-27-24(28-39-26-23(42-28)11-12-33-25(26)17-7-8-17)16(3)36-29(40-27)34-14-20-21(31)5-4-6-22(20)32/h4-6,11-12,15,17-19H,7-10,13-14H2,1-3H3,(H2,35,38,41)(H2,34,36,37,40)/t18-,19+/m0/s1. The molecule has 4 N–H and O–H groups in total. The number of aromatic nitrogens is 4. The van der Waals surface area contributed by atoms with Crippen molar-refractivity contribution in [2.24, 2.45) is 0 Å². The van der Waals surface area contributed by atoms with E-state index in [9.17, 15) is 13.6 Å². The normalized spacial score (nSPS) is 18.4. The van der Waals surface area contributed by atoms with Crippen molar-refractivity contribution in [1.82, 2.24) is 30.6 Å². The van der Waals surface area contributed by atoms with Gasteiger partial charge >= 0.3 is 6.03 Å². The molecular formula is C30H34F2N8OS. The lowest BCUT2D eigenvalue weighted by Gasteiger charge is -2.19. The smallest absolute Gasteiger partial charge is 0.315 e. The number of nitrogens with zero attached hydrogens (tertiary/aromatic N) is 4. The molecule has 2 aliphatic carbocycles. The molecule has 42 heavy (non-hydrogen) atoms. The number of rotatable bonds is 9. The van der Waals surface area contributed by atoms with Crippen LogP contribution in [-0.4, -0.2) is 44.1 Å². The van der Waals surface area contributed by atoms with Gasteiger partial charge in [0.1, 0.15) is 28.0 Å². The Morgan fingerprint density at radius 2 is 1.81 bits per heavy atom. The van der Waals surface area contributed by atoms with Gasteiger partial charge in [0.25, 0.3) is 0 Å². The molecule has 3 heterocycles. The fourth-order valence-electron chi connectivity index (χ4n) is 5.44. The van der Waals surface area contributed by atoms with Crippen LogP contribution in [0, 0.1) is 18.6 Å². The number of hydrogen-bond acceptors (Lipinski definition) is 8. The number of amides is 2. The van der Waals surface area contributed by atoms with E-state index in [0.29, 0.717) is 17.4 Å². The molecule has 0 radical (unpaired) electrons. The second kappa shape index (κ2) is 11.7. The molecule has 0 bridgehead atoms. The lowest BCUT2D eigenvalue weighted by atomic mass is 10.2. The number of halogens is 2. The predicted octanol–water partition coefficient (Wildman–Crippen LogP) is 6.27. The monoisotopic (exact) mass is 592 g/mol. The van der Waals surface area contributed by atoms with E-state index in [-0.39, 0.29) is 42.2 Å². The summed E-state index contributed by atoms with van der Waals surface area (Å²) in [6.45, 7) is 5.64. The highest BCUT2D eigenvalue weighted by atomic mass is 32.1. The average Bonchev–Trinajstić information content (AvgIpc) is 3.54. The summed E-state index contributed by atoms with van der Waals surface area (Å²) in [6, 6.07) is 5.75. The summed E-state index contributed by atoms with van der Waals surface area (Å²) in [6.07, 6.45) is 6.50.